The molecule has 0 unspecified atom stereocenters. The SMILES string of the molecule is O=C1NCCN1CCNc1nc(-c2ccccc2)nc2c1CCNCC2. The molecule has 7 nitrogen and oxygen atoms in total. The van der Waals surface area contributed by atoms with E-state index in [2.05, 4.69) is 16.0 Å². The molecule has 0 radical (unpaired) electrons. The number of hydrogen-bond acceptors (Lipinski definition) is 5. The first-order valence-corrected chi connectivity index (χ1v) is 9.24. The lowest BCUT2D eigenvalue weighted by atomic mass is 10.1. The minimum absolute atomic E-state index is 0.0162. The van der Waals surface area contributed by atoms with Gasteiger partial charge in [0.15, 0.2) is 5.82 Å². The largest absolute Gasteiger partial charge is 0.368 e. The van der Waals surface area contributed by atoms with Gasteiger partial charge in [0.2, 0.25) is 0 Å². The summed E-state index contributed by atoms with van der Waals surface area (Å²) in [5.74, 6) is 1.66. The Labute approximate surface area is 153 Å². The zero-order valence-electron chi connectivity index (χ0n) is 14.8. The molecule has 1 saturated heterocycles. The van der Waals surface area contributed by atoms with Gasteiger partial charge in [-0.15, -0.1) is 0 Å². The van der Waals surface area contributed by atoms with Crippen LogP contribution in [0.1, 0.15) is 11.3 Å². The molecule has 3 N–H and O–H groups in total. The van der Waals surface area contributed by atoms with Crippen LogP contribution in [0.2, 0.25) is 0 Å². The summed E-state index contributed by atoms with van der Waals surface area (Å²) in [6.45, 7) is 4.71. The van der Waals surface area contributed by atoms with Gasteiger partial charge in [0.05, 0.1) is 5.69 Å². The smallest absolute Gasteiger partial charge is 0.317 e. The number of amides is 2. The van der Waals surface area contributed by atoms with E-state index in [0.29, 0.717) is 13.1 Å². The average molecular weight is 352 g/mol. The van der Waals surface area contributed by atoms with Crippen molar-refractivity contribution >= 4 is 11.8 Å². The maximum atomic E-state index is 11.7. The second-order valence-electron chi connectivity index (χ2n) is 6.58. The Morgan fingerprint density at radius 2 is 1.92 bits per heavy atom. The Hall–Kier alpha value is -2.67. The Bertz CT molecular complexity index is 779. The summed E-state index contributed by atoms with van der Waals surface area (Å²) in [7, 11) is 0. The number of hydrogen-bond donors (Lipinski definition) is 3. The molecule has 26 heavy (non-hydrogen) atoms. The van der Waals surface area contributed by atoms with Crippen LogP contribution in [-0.2, 0) is 12.8 Å². The van der Waals surface area contributed by atoms with Gasteiger partial charge in [0.1, 0.15) is 5.82 Å². The lowest BCUT2D eigenvalue weighted by Crippen LogP contribution is -2.32. The quantitative estimate of drug-likeness (QED) is 0.755. The van der Waals surface area contributed by atoms with Crippen molar-refractivity contribution in [2.45, 2.75) is 12.8 Å². The van der Waals surface area contributed by atoms with Crippen LogP contribution in [0.4, 0.5) is 10.6 Å². The van der Waals surface area contributed by atoms with E-state index in [1.807, 2.05) is 35.2 Å². The highest BCUT2D eigenvalue weighted by molar-refractivity contribution is 5.76. The van der Waals surface area contributed by atoms with Crippen LogP contribution in [0, 0.1) is 0 Å². The van der Waals surface area contributed by atoms with E-state index in [0.717, 1.165) is 61.9 Å². The van der Waals surface area contributed by atoms with Crippen molar-refractivity contribution in [3.8, 4) is 11.4 Å². The van der Waals surface area contributed by atoms with Gasteiger partial charge >= 0.3 is 6.03 Å². The number of carbonyl (C=O) groups is 1. The molecule has 0 aliphatic carbocycles. The molecule has 3 heterocycles. The first-order valence-electron chi connectivity index (χ1n) is 9.24. The number of anilines is 1. The second-order valence-corrected chi connectivity index (χ2v) is 6.58. The van der Waals surface area contributed by atoms with Gasteiger partial charge in [-0.25, -0.2) is 14.8 Å². The molecule has 2 aliphatic heterocycles. The van der Waals surface area contributed by atoms with Crippen LogP contribution in [0.5, 0.6) is 0 Å². The molecule has 0 saturated carbocycles. The summed E-state index contributed by atoms with van der Waals surface area (Å²) in [6.07, 6.45) is 1.82. The molecule has 0 spiro atoms. The molecule has 1 aromatic heterocycles. The van der Waals surface area contributed by atoms with Crippen molar-refractivity contribution in [3.05, 3.63) is 41.6 Å². The van der Waals surface area contributed by atoms with Gasteiger partial charge in [-0.1, -0.05) is 30.3 Å². The van der Waals surface area contributed by atoms with Crippen LogP contribution in [-0.4, -0.2) is 60.2 Å². The third kappa shape index (κ3) is 3.62. The normalized spacial score (nSPS) is 16.8. The van der Waals surface area contributed by atoms with Gasteiger partial charge in [-0.3, -0.25) is 0 Å². The maximum absolute atomic E-state index is 11.7. The molecule has 1 aromatic carbocycles. The van der Waals surface area contributed by atoms with E-state index in [4.69, 9.17) is 9.97 Å². The Morgan fingerprint density at radius 3 is 2.73 bits per heavy atom. The number of aromatic nitrogens is 2. The maximum Gasteiger partial charge on any atom is 0.317 e. The second kappa shape index (κ2) is 7.70. The Balaban J connectivity index is 1.57. The third-order valence-corrected chi connectivity index (χ3v) is 4.83. The lowest BCUT2D eigenvalue weighted by Gasteiger charge is -2.17. The summed E-state index contributed by atoms with van der Waals surface area (Å²) in [4.78, 5) is 23.2. The first-order chi connectivity index (χ1) is 12.8. The van der Waals surface area contributed by atoms with Gasteiger partial charge in [0, 0.05) is 50.3 Å². The van der Waals surface area contributed by atoms with Gasteiger partial charge in [-0.2, -0.15) is 0 Å². The lowest BCUT2D eigenvalue weighted by molar-refractivity contribution is 0.219. The van der Waals surface area contributed by atoms with Crippen molar-refractivity contribution < 1.29 is 4.79 Å². The van der Waals surface area contributed by atoms with E-state index in [-0.39, 0.29) is 6.03 Å². The number of nitrogens with one attached hydrogen (secondary N) is 3. The Morgan fingerprint density at radius 1 is 1.08 bits per heavy atom. The third-order valence-electron chi connectivity index (χ3n) is 4.83. The summed E-state index contributed by atoms with van der Waals surface area (Å²) in [5.41, 5.74) is 3.33. The fraction of sp³-hybridized carbons (Fsp3) is 0.421. The standard InChI is InChI=1S/C19H24N6O/c26-19-22-11-13-25(19)12-10-21-18-15-6-8-20-9-7-16(15)23-17(24-18)14-4-2-1-3-5-14/h1-5,20H,6-13H2,(H,22,26)(H,21,23,24). The first kappa shape index (κ1) is 16.8. The molecule has 7 heteroatoms. The summed E-state index contributed by atoms with van der Waals surface area (Å²) in [5, 5.41) is 9.72. The summed E-state index contributed by atoms with van der Waals surface area (Å²) < 4.78 is 0. The van der Waals surface area contributed by atoms with Gasteiger partial charge in [-0.05, 0) is 13.0 Å². The fourth-order valence-electron chi connectivity index (χ4n) is 3.44. The highest BCUT2D eigenvalue weighted by atomic mass is 16.2. The highest BCUT2D eigenvalue weighted by Gasteiger charge is 2.20. The van der Waals surface area contributed by atoms with Gasteiger partial charge < -0.3 is 20.9 Å². The zero-order chi connectivity index (χ0) is 17.8. The van der Waals surface area contributed by atoms with Crippen molar-refractivity contribution in [1.29, 1.82) is 0 Å². The van der Waals surface area contributed by atoms with E-state index >= 15 is 0 Å². The molecule has 2 aromatic rings. The zero-order valence-corrected chi connectivity index (χ0v) is 14.8. The Kier molecular flexibility index (Phi) is 4.97. The molecule has 4 rings (SSSR count). The average Bonchev–Trinajstić information content (AvgIpc) is 2.93. The number of rotatable bonds is 5. The molecule has 136 valence electrons. The predicted molar refractivity (Wildman–Crippen MR) is 101 cm³/mol. The summed E-state index contributed by atoms with van der Waals surface area (Å²) >= 11 is 0. The van der Waals surface area contributed by atoms with Gasteiger partial charge in [0.25, 0.3) is 0 Å². The van der Waals surface area contributed by atoms with Crippen LogP contribution in [0.3, 0.4) is 0 Å². The summed E-state index contributed by atoms with van der Waals surface area (Å²) in [6, 6.07) is 10.1. The molecule has 1 fully saturated rings. The number of fused-ring (bicyclic) bond motifs is 1. The van der Waals surface area contributed by atoms with Crippen molar-refractivity contribution in [2.75, 3.05) is 44.6 Å². The highest BCUT2D eigenvalue weighted by Crippen LogP contribution is 2.24. The number of nitrogens with zero attached hydrogens (tertiary/aromatic N) is 3. The monoisotopic (exact) mass is 352 g/mol. The van der Waals surface area contributed by atoms with E-state index in [9.17, 15) is 4.79 Å². The topological polar surface area (TPSA) is 82.2 Å². The van der Waals surface area contributed by atoms with E-state index in [1.165, 1.54) is 5.56 Å². The molecule has 0 atom stereocenters. The minimum Gasteiger partial charge on any atom is -0.368 e. The number of benzene rings is 1. The van der Waals surface area contributed by atoms with Crippen LogP contribution in [0.25, 0.3) is 11.4 Å². The van der Waals surface area contributed by atoms with E-state index in [1.54, 1.807) is 0 Å². The molecule has 2 amide bonds. The van der Waals surface area contributed by atoms with E-state index < -0.39 is 0 Å². The molecular formula is C19H24N6O. The number of carbonyl (C=O) groups excluding carboxylic acids is 1. The number of urea groups is 1. The molecular weight excluding hydrogens is 328 g/mol. The molecule has 0 bridgehead atoms. The van der Waals surface area contributed by atoms with Crippen LogP contribution >= 0.6 is 0 Å². The predicted octanol–water partition coefficient (Wildman–Crippen LogP) is 1.27. The van der Waals surface area contributed by atoms with Crippen molar-refractivity contribution in [3.63, 3.8) is 0 Å². The minimum atomic E-state index is 0.0162. The van der Waals surface area contributed by atoms with Crippen LogP contribution < -0.4 is 16.0 Å². The van der Waals surface area contributed by atoms with Crippen molar-refractivity contribution in [1.82, 2.24) is 25.5 Å². The van der Waals surface area contributed by atoms with Crippen LogP contribution in [0.15, 0.2) is 30.3 Å². The molecule has 2 aliphatic rings. The fourth-order valence-corrected chi connectivity index (χ4v) is 3.44. The van der Waals surface area contributed by atoms with Crippen molar-refractivity contribution in [2.24, 2.45) is 0 Å².